The molecule has 0 bridgehead atoms. The van der Waals surface area contributed by atoms with E-state index in [1.165, 1.54) is 37.1 Å². The molecule has 2 aromatic rings. The van der Waals surface area contributed by atoms with Gasteiger partial charge in [0.05, 0.1) is 4.90 Å². The standard InChI is InChI=1S/C16H20N4O3S2/c1-5-17-15(21)13-10-18-16(24-4)19-14(13)20(3)25(22,23)12-8-6-11(2)7-9-12/h6-10H,5H2,1-4H3,(H,17,21). The zero-order valence-electron chi connectivity index (χ0n) is 14.5. The average Bonchev–Trinajstić information content (AvgIpc) is 2.61. The number of sulfonamides is 1. The van der Waals surface area contributed by atoms with E-state index < -0.39 is 15.9 Å². The summed E-state index contributed by atoms with van der Waals surface area (Å²) in [4.78, 5) is 20.7. The van der Waals surface area contributed by atoms with Gasteiger partial charge in [-0.3, -0.25) is 9.10 Å². The summed E-state index contributed by atoms with van der Waals surface area (Å²) >= 11 is 1.27. The Kier molecular flexibility index (Phi) is 6.02. The van der Waals surface area contributed by atoms with Gasteiger partial charge in [0.15, 0.2) is 11.0 Å². The van der Waals surface area contributed by atoms with E-state index in [1.807, 2.05) is 6.92 Å². The van der Waals surface area contributed by atoms with Crippen LogP contribution in [0.3, 0.4) is 0 Å². The van der Waals surface area contributed by atoms with E-state index in [2.05, 4.69) is 15.3 Å². The molecule has 0 spiro atoms. The van der Waals surface area contributed by atoms with Crippen molar-refractivity contribution < 1.29 is 13.2 Å². The molecule has 1 heterocycles. The molecule has 0 aliphatic rings. The van der Waals surface area contributed by atoms with Crippen LogP contribution in [0.2, 0.25) is 0 Å². The number of aryl methyl sites for hydroxylation is 1. The van der Waals surface area contributed by atoms with Gasteiger partial charge in [-0.15, -0.1) is 0 Å². The minimum atomic E-state index is -3.85. The van der Waals surface area contributed by atoms with Gasteiger partial charge in [-0.05, 0) is 32.2 Å². The molecule has 1 aromatic heterocycles. The minimum absolute atomic E-state index is 0.0471. The average molecular weight is 380 g/mol. The topological polar surface area (TPSA) is 92.3 Å². The third-order valence-corrected chi connectivity index (χ3v) is 5.81. The van der Waals surface area contributed by atoms with Crippen molar-refractivity contribution >= 4 is 33.5 Å². The smallest absolute Gasteiger partial charge is 0.265 e. The van der Waals surface area contributed by atoms with Crippen molar-refractivity contribution in [3.63, 3.8) is 0 Å². The summed E-state index contributed by atoms with van der Waals surface area (Å²) in [6.45, 7) is 4.07. The molecule has 1 N–H and O–H groups in total. The maximum absolute atomic E-state index is 12.9. The number of carbonyl (C=O) groups excluding carboxylic acids is 1. The molecule has 0 aliphatic carbocycles. The van der Waals surface area contributed by atoms with Crippen LogP contribution in [-0.4, -0.2) is 44.1 Å². The monoisotopic (exact) mass is 380 g/mol. The van der Waals surface area contributed by atoms with Crippen LogP contribution in [0.25, 0.3) is 0 Å². The number of anilines is 1. The number of benzene rings is 1. The van der Waals surface area contributed by atoms with E-state index in [9.17, 15) is 13.2 Å². The Labute approximate surface area is 151 Å². The Hall–Kier alpha value is -2.13. The largest absolute Gasteiger partial charge is 0.352 e. The highest BCUT2D eigenvalue weighted by Crippen LogP contribution is 2.25. The molecule has 1 amide bonds. The summed E-state index contributed by atoms with van der Waals surface area (Å²) in [5.74, 6) is -0.373. The van der Waals surface area contributed by atoms with Crippen LogP contribution in [0.5, 0.6) is 0 Å². The van der Waals surface area contributed by atoms with Gasteiger partial charge in [0.25, 0.3) is 15.9 Å². The van der Waals surface area contributed by atoms with Crippen LogP contribution >= 0.6 is 11.8 Å². The van der Waals surface area contributed by atoms with Gasteiger partial charge >= 0.3 is 0 Å². The molecule has 0 unspecified atom stereocenters. The molecule has 1 aromatic carbocycles. The summed E-state index contributed by atoms with van der Waals surface area (Å²) in [7, 11) is -2.47. The predicted octanol–water partition coefficient (Wildman–Crippen LogP) is 2.08. The van der Waals surface area contributed by atoms with Crippen LogP contribution in [0.1, 0.15) is 22.8 Å². The Morgan fingerprint density at radius 1 is 1.28 bits per heavy atom. The first kappa shape index (κ1) is 19.2. The van der Waals surface area contributed by atoms with Crippen LogP contribution < -0.4 is 9.62 Å². The normalized spacial score (nSPS) is 11.2. The SMILES string of the molecule is CCNC(=O)c1cnc(SC)nc1N(C)S(=O)(=O)c1ccc(C)cc1. The lowest BCUT2D eigenvalue weighted by atomic mass is 10.2. The quantitative estimate of drug-likeness (QED) is 0.609. The molecule has 0 aliphatic heterocycles. The molecule has 0 radical (unpaired) electrons. The van der Waals surface area contributed by atoms with Gasteiger partial charge in [0.2, 0.25) is 0 Å². The molecular weight excluding hydrogens is 360 g/mol. The van der Waals surface area contributed by atoms with Gasteiger partial charge in [0.1, 0.15) is 5.56 Å². The molecule has 0 atom stereocenters. The Bertz CT molecular complexity index is 867. The number of hydrogen-bond donors (Lipinski definition) is 1. The lowest BCUT2D eigenvalue weighted by Crippen LogP contribution is -2.32. The second-order valence-electron chi connectivity index (χ2n) is 5.24. The highest BCUT2D eigenvalue weighted by atomic mass is 32.2. The number of nitrogens with one attached hydrogen (secondary N) is 1. The van der Waals surface area contributed by atoms with Crippen molar-refractivity contribution in [3.05, 3.63) is 41.6 Å². The predicted molar refractivity (Wildman–Crippen MR) is 98.6 cm³/mol. The first-order valence-electron chi connectivity index (χ1n) is 7.56. The zero-order chi connectivity index (χ0) is 18.6. The van der Waals surface area contributed by atoms with E-state index in [1.54, 1.807) is 25.3 Å². The summed E-state index contributed by atoms with van der Waals surface area (Å²) < 4.78 is 26.8. The molecule has 0 fully saturated rings. The fourth-order valence-electron chi connectivity index (χ4n) is 2.09. The molecule has 25 heavy (non-hydrogen) atoms. The number of hydrogen-bond acceptors (Lipinski definition) is 6. The lowest BCUT2D eigenvalue weighted by Gasteiger charge is -2.21. The van der Waals surface area contributed by atoms with Gasteiger partial charge in [-0.1, -0.05) is 29.5 Å². The van der Waals surface area contributed by atoms with Crippen LogP contribution in [0, 0.1) is 6.92 Å². The van der Waals surface area contributed by atoms with Crippen molar-refractivity contribution in [3.8, 4) is 0 Å². The van der Waals surface area contributed by atoms with Crippen molar-refractivity contribution in [2.45, 2.75) is 23.9 Å². The maximum atomic E-state index is 12.9. The summed E-state index contributed by atoms with van der Waals surface area (Å²) in [6, 6.07) is 6.50. The van der Waals surface area contributed by atoms with Crippen LogP contribution in [0.4, 0.5) is 5.82 Å². The van der Waals surface area contributed by atoms with E-state index >= 15 is 0 Å². The van der Waals surface area contributed by atoms with Gasteiger partial charge in [-0.25, -0.2) is 18.4 Å². The van der Waals surface area contributed by atoms with E-state index in [4.69, 9.17) is 0 Å². The third kappa shape index (κ3) is 4.10. The number of carbonyl (C=O) groups is 1. The van der Waals surface area contributed by atoms with Gasteiger partial charge in [-0.2, -0.15) is 0 Å². The number of thioether (sulfide) groups is 1. The van der Waals surface area contributed by atoms with E-state index in [0.29, 0.717) is 11.7 Å². The summed E-state index contributed by atoms with van der Waals surface area (Å²) in [5, 5.41) is 3.03. The molecule has 134 valence electrons. The molecule has 7 nitrogen and oxygen atoms in total. The molecule has 2 rings (SSSR count). The van der Waals surface area contributed by atoms with E-state index in [-0.39, 0.29) is 16.3 Å². The molecule has 0 saturated heterocycles. The van der Waals surface area contributed by atoms with Gasteiger partial charge in [0, 0.05) is 19.8 Å². The van der Waals surface area contributed by atoms with Crippen LogP contribution in [-0.2, 0) is 10.0 Å². The molecule has 0 saturated carbocycles. The van der Waals surface area contributed by atoms with Crippen molar-refractivity contribution in [1.82, 2.24) is 15.3 Å². The lowest BCUT2D eigenvalue weighted by molar-refractivity contribution is 0.0955. The van der Waals surface area contributed by atoms with Crippen molar-refractivity contribution in [1.29, 1.82) is 0 Å². The van der Waals surface area contributed by atoms with Crippen molar-refractivity contribution in [2.75, 3.05) is 24.2 Å². The first-order valence-corrected chi connectivity index (χ1v) is 10.2. The van der Waals surface area contributed by atoms with E-state index in [0.717, 1.165) is 9.87 Å². The van der Waals surface area contributed by atoms with Crippen LogP contribution in [0.15, 0.2) is 40.5 Å². The molecule has 9 heteroatoms. The fraction of sp³-hybridized carbons (Fsp3) is 0.312. The minimum Gasteiger partial charge on any atom is -0.352 e. The Balaban J connectivity index is 2.54. The number of nitrogens with zero attached hydrogens (tertiary/aromatic N) is 3. The highest BCUT2D eigenvalue weighted by molar-refractivity contribution is 7.98. The molecular formula is C16H20N4O3S2. The second-order valence-corrected chi connectivity index (χ2v) is 7.98. The zero-order valence-corrected chi connectivity index (χ0v) is 16.1. The summed E-state index contributed by atoms with van der Waals surface area (Å²) in [5.41, 5.74) is 1.06. The highest BCUT2D eigenvalue weighted by Gasteiger charge is 2.27. The first-order chi connectivity index (χ1) is 11.8. The second kappa shape index (κ2) is 7.83. The third-order valence-electron chi connectivity index (χ3n) is 3.49. The fourth-order valence-corrected chi connectivity index (χ4v) is 3.59. The Morgan fingerprint density at radius 2 is 1.92 bits per heavy atom. The number of rotatable bonds is 6. The number of aromatic nitrogens is 2. The van der Waals surface area contributed by atoms with Crippen molar-refractivity contribution in [2.24, 2.45) is 0 Å². The maximum Gasteiger partial charge on any atom is 0.265 e. The van der Waals surface area contributed by atoms with Gasteiger partial charge < -0.3 is 5.32 Å². The number of amides is 1. The summed E-state index contributed by atoms with van der Waals surface area (Å²) in [6.07, 6.45) is 3.12. The Morgan fingerprint density at radius 3 is 2.48 bits per heavy atom.